The van der Waals surface area contributed by atoms with Crippen LogP contribution in [-0.2, 0) is 6.42 Å². The molecule has 0 amide bonds. The Morgan fingerprint density at radius 1 is 1.50 bits per heavy atom. The van der Waals surface area contributed by atoms with Gasteiger partial charge in [-0.25, -0.2) is 0 Å². The van der Waals surface area contributed by atoms with Gasteiger partial charge in [0.05, 0.1) is 10.7 Å². The molecule has 2 rings (SSSR count). The molecule has 1 saturated heterocycles. The van der Waals surface area contributed by atoms with Crippen LogP contribution in [0.4, 0.5) is 5.69 Å². The zero-order valence-corrected chi connectivity index (χ0v) is 13.5. The molecule has 2 N–H and O–H groups in total. The van der Waals surface area contributed by atoms with Crippen LogP contribution in [0.25, 0.3) is 0 Å². The third-order valence-corrected chi connectivity index (χ3v) is 4.30. The molecule has 2 atom stereocenters. The van der Waals surface area contributed by atoms with Crippen LogP contribution < -0.4 is 10.6 Å². The highest BCUT2D eigenvalue weighted by atomic mass is 35.5. The van der Waals surface area contributed by atoms with Gasteiger partial charge in [-0.3, -0.25) is 0 Å². The first-order valence-electron chi connectivity index (χ1n) is 7.39. The zero-order chi connectivity index (χ0) is 14.7. The highest BCUT2D eigenvalue weighted by Crippen LogP contribution is 2.28. The summed E-state index contributed by atoms with van der Waals surface area (Å²) in [5, 5.41) is 0.831. The summed E-state index contributed by atoms with van der Waals surface area (Å²) in [5.74, 6) is 0.741. The Kier molecular flexibility index (Phi) is 5.30. The number of likely N-dealkylation sites (tertiary alicyclic amines) is 1. The van der Waals surface area contributed by atoms with Gasteiger partial charge in [0, 0.05) is 26.2 Å². The summed E-state index contributed by atoms with van der Waals surface area (Å²) in [6, 6.07) is 6.49. The van der Waals surface area contributed by atoms with Crippen molar-refractivity contribution in [1.29, 1.82) is 0 Å². The lowest BCUT2D eigenvalue weighted by Gasteiger charge is -2.24. The van der Waals surface area contributed by atoms with E-state index in [9.17, 15) is 0 Å². The van der Waals surface area contributed by atoms with E-state index in [2.05, 4.69) is 42.1 Å². The van der Waals surface area contributed by atoms with Crippen molar-refractivity contribution in [2.24, 2.45) is 11.7 Å². The maximum atomic E-state index is 6.43. The van der Waals surface area contributed by atoms with E-state index in [1.165, 1.54) is 25.1 Å². The average Bonchev–Trinajstić information content (AvgIpc) is 2.73. The minimum Gasteiger partial charge on any atom is -0.373 e. The first kappa shape index (κ1) is 15.6. The molecule has 1 aliphatic heterocycles. The molecule has 1 aliphatic rings. The molecule has 0 saturated carbocycles. The summed E-state index contributed by atoms with van der Waals surface area (Å²) < 4.78 is 0. The number of nitrogens with two attached hydrogens (primary N) is 1. The van der Waals surface area contributed by atoms with E-state index in [0.717, 1.165) is 29.6 Å². The Hall–Kier alpha value is -0.770. The number of hydrogen-bond donors (Lipinski definition) is 1. The fraction of sp³-hybridized carbons (Fsp3) is 0.625. The van der Waals surface area contributed by atoms with Crippen LogP contribution in [0.3, 0.4) is 0 Å². The number of rotatable bonds is 5. The molecule has 0 spiro atoms. The number of anilines is 1. The smallest absolute Gasteiger partial charge is 0.0642 e. The number of halogens is 1. The maximum Gasteiger partial charge on any atom is 0.0642 e. The summed E-state index contributed by atoms with van der Waals surface area (Å²) in [4.78, 5) is 4.67. The van der Waals surface area contributed by atoms with Gasteiger partial charge in [0.2, 0.25) is 0 Å². The second kappa shape index (κ2) is 6.79. The molecule has 0 bridgehead atoms. The van der Waals surface area contributed by atoms with Crippen molar-refractivity contribution in [2.45, 2.75) is 25.8 Å². The van der Waals surface area contributed by atoms with E-state index in [-0.39, 0.29) is 6.04 Å². The minimum atomic E-state index is 0.170. The normalized spacial score (nSPS) is 21.1. The minimum absolute atomic E-state index is 0.170. The van der Waals surface area contributed by atoms with Crippen molar-refractivity contribution in [3.05, 3.63) is 28.8 Å². The van der Waals surface area contributed by atoms with Gasteiger partial charge in [0.15, 0.2) is 0 Å². The molecule has 1 fully saturated rings. The first-order chi connectivity index (χ1) is 9.45. The molecule has 4 heteroatoms. The van der Waals surface area contributed by atoms with Crippen LogP contribution in [0, 0.1) is 5.92 Å². The van der Waals surface area contributed by atoms with Crippen LogP contribution in [0.15, 0.2) is 18.2 Å². The summed E-state index contributed by atoms with van der Waals surface area (Å²) >= 11 is 6.43. The average molecular weight is 296 g/mol. The van der Waals surface area contributed by atoms with Gasteiger partial charge in [-0.15, -0.1) is 0 Å². The van der Waals surface area contributed by atoms with Crippen LogP contribution in [-0.4, -0.2) is 44.7 Å². The van der Waals surface area contributed by atoms with Gasteiger partial charge in [-0.05, 0) is 57.0 Å². The quantitative estimate of drug-likeness (QED) is 0.906. The molecule has 0 aliphatic carbocycles. The third-order valence-electron chi connectivity index (χ3n) is 4.00. The van der Waals surface area contributed by atoms with E-state index in [1.54, 1.807) is 0 Å². The fourth-order valence-corrected chi connectivity index (χ4v) is 3.37. The second-order valence-corrected chi connectivity index (χ2v) is 6.67. The summed E-state index contributed by atoms with van der Waals surface area (Å²) in [6.07, 6.45) is 2.15. The number of hydrogen-bond acceptors (Lipinski definition) is 3. The van der Waals surface area contributed by atoms with Gasteiger partial charge in [-0.1, -0.05) is 17.7 Å². The molecular formula is C16H26ClN3. The Labute approximate surface area is 127 Å². The molecule has 0 radical (unpaired) electrons. The van der Waals surface area contributed by atoms with Crippen LogP contribution in [0.1, 0.15) is 18.9 Å². The van der Waals surface area contributed by atoms with Crippen molar-refractivity contribution in [3.63, 3.8) is 0 Å². The van der Waals surface area contributed by atoms with Crippen molar-refractivity contribution < 1.29 is 0 Å². The lowest BCUT2D eigenvalue weighted by atomic mass is 10.1. The number of benzene rings is 1. The summed E-state index contributed by atoms with van der Waals surface area (Å²) in [7, 11) is 4.32. The van der Waals surface area contributed by atoms with E-state index >= 15 is 0 Å². The standard InChI is InChI=1S/C16H26ClN3/c1-12(18)8-13-4-5-16(15(17)9-13)20(3)11-14-6-7-19(2)10-14/h4-5,9,12,14H,6-8,10-11,18H2,1-3H3. The van der Waals surface area contributed by atoms with Crippen LogP contribution in [0.2, 0.25) is 5.02 Å². The Morgan fingerprint density at radius 3 is 2.80 bits per heavy atom. The summed E-state index contributed by atoms with van der Waals surface area (Å²) in [5.41, 5.74) is 8.17. The van der Waals surface area contributed by atoms with Crippen molar-refractivity contribution >= 4 is 17.3 Å². The van der Waals surface area contributed by atoms with Gasteiger partial charge in [0.25, 0.3) is 0 Å². The van der Waals surface area contributed by atoms with Gasteiger partial charge < -0.3 is 15.5 Å². The lowest BCUT2D eigenvalue weighted by molar-refractivity contribution is 0.396. The summed E-state index contributed by atoms with van der Waals surface area (Å²) in [6.45, 7) is 5.48. The highest BCUT2D eigenvalue weighted by molar-refractivity contribution is 6.33. The Balaban J connectivity index is 2.00. The van der Waals surface area contributed by atoms with Gasteiger partial charge in [-0.2, -0.15) is 0 Å². The van der Waals surface area contributed by atoms with Crippen LogP contribution in [0.5, 0.6) is 0 Å². The van der Waals surface area contributed by atoms with Crippen molar-refractivity contribution in [2.75, 3.05) is 38.6 Å². The monoisotopic (exact) mass is 295 g/mol. The van der Waals surface area contributed by atoms with E-state index < -0.39 is 0 Å². The zero-order valence-electron chi connectivity index (χ0n) is 12.8. The van der Waals surface area contributed by atoms with Crippen molar-refractivity contribution in [3.8, 4) is 0 Å². The number of nitrogens with zero attached hydrogens (tertiary/aromatic N) is 2. The fourth-order valence-electron chi connectivity index (χ4n) is 3.02. The molecule has 0 aromatic heterocycles. The highest BCUT2D eigenvalue weighted by Gasteiger charge is 2.21. The molecule has 112 valence electrons. The van der Waals surface area contributed by atoms with E-state index in [0.29, 0.717) is 0 Å². The van der Waals surface area contributed by atoms with Crippen LogP contribution >= 0.6 is 11.6 Å². The maximum absolute atomic E-state index is 6.43. The molecular weight excluding hydrogens is 270 g/mol. The Bertz CT molecular complexity index is 447. The second-order valence-electron chi connectivity index (χ2n) is 6.26. The molecule has 1 aromatic carbocycles. The Morgan fingerprint density at radius 2 is 2.25 bits per heavy atom. The molecule has 1 heterocycles. The molecule has 1 aromatic rings. The largest absolute Gasteiger partial charge is 0.373 e. The van der Waals surface area contributed by atoms with Crippen molar-refractivity contribution in [1.82, 2.24) is 4.90 Å². The first-order valence-corrected chi connectivity index (χ1v) is 7.77. The SMILES string of the molecule is CC(N)Cc1ccc(N(C)CC2CCN(C)C2)c(Cl)c1. The lowest BCUT2D eigenvalue weighted by Crippen LogP contribution is -2.27. The molecule has 3 nitrogen and oxygen atoms in total. The molecule has 20 heavy (non-hydrogen) atoms. The van der Waals surface area contributed by atoms with Gasteiger partial charge >= 0.3 is 0 Å². The third kappa shape index (κ3) is 4.11. The predicted molar refractivity (Wildman–Crippen MR) is 87.7 cm³/mol. The van der Waals surface area contributed by atoms with Gasteiger partial charge in [0.1, 0.15) is 0 Å². The molecule has 2 unspecified atom stereocenters. The topological polar surface area (TPSA) is 32.5 Å². The predicted octanol–water partition coefficient (Wildman–Crippen LogP) is 2.62. The van der Waals surface area contributed by atoms with E-state index in [1.807, 2.05) is 6.92 Å². The van der Waals surface area contributed by atoms with E-state index in [4.69, 9.17) is 17.3 Å².